The number of carbonyl (C=O) groups excluding carboxylic acids is 2. The second-order valence-electron chi connectivity index (χ2n) is 5.74. The van der Waals surface area contributed by atoms with Crippen LogP contribution in [-0.2, 0) is 16.1 Å². The predicted octanol–water partition coefficient (Wildman–Crippen LogP) is 2.13. The third kappa shape index (κ3) is 3.22. The molecule has 1 fully saturated rings. The monoisotopic (exact) mass is 325 g/mol. The molecule has 1 heterocycles. The number of nitrogens with zero attached hydrogens (tertiary/aromatic N) is 1. The van der Waals surface area contributed by atoms with Gasteiger partial charge < -0.3 is 15.4 Å². The smallest absolute Gasteiger partial charge is 0.240 e. The minimum atomic E-state index is -0.990. The lowest BCUT2D eigenvalue weighted by Crippen LogP contribution is -2.39. The molecule has 6 nitrogen and oxygen atoms in total. The molecule has 1 aromatic carbocycles. The number of hydrogen-bond donors (Lipinski definition) is 2. The third-order valence-electron chi connectivity index (χ3n) is 4.13. The van der Waals surface area contributed by atoms with E-state index < -0.39 is 5.41 Å². The van der Waals surface area contributed by atoms with Crippen molar-refractivity contribution in [2.75, 3.05) is 12.4 Å². The van der Waals surface area contributed by atoms with Gasteiger partial charge in [-0.25, -0.2) is 0 Å². The lowest BCUT2D eigenvalue weighted by atomic mass is 10.0. The fourth-order valence-electron chi connectivity index (χ4n) is 2.51. The predicted molar refractivity (Wildman–Crippen MR) is 89.4 cm³/mol. The topological polar surface area (TPSA) is 80.3 Å². The Hall–Kier alpha value is -2.89. The Labute approximate surface area is 140 Å². The first-order valence-electron chi connectivity index (χ1n) is 7.78. The number of anilines is 1. The van der Waals surface area contributed by atoms with Gasteiger partial charge in [0.05, 0.1) is 25.0 Å². The van der Waals surface area contributed by atoms with Crippen molar-refractivity contribution >= 4 is 17.5 Å². The summed E-state index contributed by atoms with van der Waals surface area (Å²) in [6.07, 6.45) is 2.76. The molecule has 3 rings (SSSR count). The third-order valence-corrected chi connectivity index (χ3v) is 4.13. The summed E-state index contributed by atoms with van der Waals surface area (Å²) < 4.78 is 5.22. The molecule has 1 aliphatic rings. The van der Waals surface area contributed by atoms with Gasteiger partial charge in [-0.1, -0.05) is 18.2 Å². The Morgan fingerprint density at radius 3 is 2.54 bits per heavy atom. The van der Waals surface area contributed by atoms with Crippen LogP contribution >= 0.6 is 0 Å². The summed E-state index contributed by atoms with van der Waals surface area (Å²) in [6, 6.07) is 12.6. The number of rotatable bonds is 6. The van der Waals surface area contributed by atoms with Crippen molar-refractivity contribution in [3.63, 3.8) is 0 Å². The van der Waals surface area contributed by atoms with Gasteiger partial charge in [-0.2, -0.15) is 0 Å². The number of hydrogen-bond acceptors (Lipinski definition) is 4. The molecule has 0 aliphatic heterocycles. The van der Waals surface area contributed by atoms with Crippen LogP contribution in [0.1, 0.15) is 18.5 Å². The van der Waals surface area contributed by atoms with Gasteiger partial charge in [0.1, 0.15) is 11.2 Å². The van der Waals surface area contributed by atoms with Gasteiger partial charge in [-0.05, 0) is 37.1 Å². The summed E-state index contributed by atoms with van der Waals surface area (Å²) in [5, 5.41) is 5.61. The average molecular weight is 325 g/mol. The quantitative estimate of drug-likeness (QED) is 0.797. The molecular weight excluding hydrogens is 306 g/mol. The maximum Gasteiger partial charge on any atom is 0.240 e. The zero-order valence-electron chi connectivity index (χ0n) is 13.4. The molecule has 2 amide bonds. The van der Waals surface area contributed by atoms with Crippen molar-refractivity contribution in [1.29, 1.82) is 0 Å². The van der Waals surface area contributed by atoms with E-state index in [0.29, 0.717) is 30.8 Å². The van der Waals surface area contributed by atoms with E-state index in [1.807, 2.05) is 24.3 Å². The van der Waals surface area contributed by atoms with Crippen LogP contribution in [0.3, 0.4) is 0 Å². The van der Waals surface area contributed by atoms with Gasteiger partial charge in [0.2, 0.25) is 11.8 Å². The zero-order chi connectivity index (χ0) is 17.0. The summed E-state index contributed by atoms with van der Waals surface area (Å²) >= 11 is 0. The molecule has 0 saturated heterocycles. The Kier molecular flexibility index (Phi) is 4.46. The SMILES string of the molecule is COc1ccccc1NC(=O)C1(C(=O)NCc2ccccn2)CC1. The van der Waals surface area contributed by atoms with Crippen LogP contribution in [-0.4, -0.2) is 23.9 Å². The number of ether oxygens (including phenoxy) is 1. The molecule has 1 aromatic heterocycles. The van der Waals surface area contributed by atoms with Crippen molar-refractivity contribution in [3.05, 3.63) is 54.4 Å². The van der Waals surface area contributed by atoms with Gasteiger partial charge in [0, 0.05) is 6.20 Å². The summed E-state index contributed by atoms with van der Waals surface area (Å²) in [5.74, 6) is 0.00150. The Balaban J connectivity index is 1.64. The lowest BCUT2D eigenvalue weighted by Gasteiger charge is -2.16. The lowest BCUT2D eigenvalue weighted by molar-refractivity contribution is -0.134. The van der Waals surface area contributed by atoms with Crippen LogP contribution in [0.4, 0.5) is 5.69 Å². The zero-order valence-corrected chi connectivity index (χ0v) is 13.4. The molecule has 24 heavy (non-hydrogen) atoms. The van der Waals surface area contributed by atoms with E-state index in [-0.39, 0.29) is 11.8 Å². The highest BCUT2D eigenvalue weighted by molar-refractivity contribution is 6.13. The Bertz CT molecular complexity index is 742. The number of carbonyl (C=O) groups is 2. The second-order valence-corrected chi connectivity index (χ2v) is 5.74. The molecule has 0 bridgehead atoms. The highest BCUT2D eigenvalue weighted by atomic mass is 16.5. The fourth-order valence-corrected chi connectivity index (χ4v) is 2.51. The van der Waals surface area contributed by atoms with Crippen LogP contribution in [0.15, 0.2) is 48.7 Å². The molecule has 0 spiro atoms. The van der Waals surface area contributed by atoms with Crippen LogP contribution in [0.2, 0.25) is 0 Å². The highest BCUT2D eigenvalue weighted by Gasteiger charge is 2.56. The fraction of sp³-hybridized carbons (Fsp3) is 0.278. The Morgan fingerprint density at radius 2 is 1.88 bits per heavy atom. The summed E-state index contributed by atoms with van der Waals surface area (Å²) in [4.78, 5) is 29.2. The maximum atomic E-state index is 12.6. The van der Waals surface area contributed by atoms with Crippen molar-refractivity contribution < 1.29 is 14.3 Å². The standard InChI is InChI=1S/C18H19N3O3/c1-24-15-8-3-2-7-14(15)21-17(23)18(9-10-18)16(22)20-12-13-6-4-5-11-19-13/h2-8,11H,9-10,12H2,1H3,(H,20,22)(H,21,23). The maximum absolute atomic E-state index is 12.6. The number of benzene rings is 1. The van der Waals surface area contributed by atoms with Crippen molar-refractivity contribution in [2.24, 2.45) is 5.41 Å². The number of amides is 2. The molecule has 2 N–H and O–H groups in total. The van der Waals surface area contributed by atoms with E-state index in [9.17, 15) is 9.59 Å². The first kappa shape index (κ1) is 16.0. The minimum Gasteiger partial charge on any atom is -0.495 e. The van der Waals surface area contributed by atoms with Crippen molar-refractivity contribution in [3.8, 4) is 5.75 Å². The van der Waals surface area contributed by atoms with Crippen LogP contribution in [0.5, 0.6) is 5.75 Å². The minimum absolute atomic E-state index is 0.263. The van der Waals surface area contributed by atoms with Gasteiger partial charge in [-0.15, -0.1) is 0 Å². The normalized spacial score (nSPS) is 14.5. The molecule has 0 unspecified atom stereocenters. The summed E-state index contributed by atoms with van der Waals surface area (Å²) in [5.41, 5.74) is 0.330. The Morgan fingerprint density at radius 1 is 1.12 bits per heavy atom. The van der Waals surface area contributed by atoms with E-state index in [4.69, 9.17) is 4.74 Å². The average Bonchev–Trinajstić information content (AvgIpc) is 3.43. The van der Waals surface area contributed by atoms with Crippen molar-refractivity contribution in [2.45, 2.75) is 19.4 Å². The molecule has 1 saturated carbocycles. The van der Waals surface area contributed by atoms with Gasteiger partial charge >= 0.3 is 0 Å². The van der Waals surface area contributed by atoms with E-state index in [0.717, 1.165) is 5.69 Å². The molecule has 0 atom stereocenters. The van der Waals surface area contributed by atoms with Crippen LogP contribution in [0.25, 0.3) is 0 Å². The molecular formula is C18H19N3O3. The molecule has 6 heteroatoms. The number of methoxy groups -OCH3 is 1. The van der Waals surface area contributed by atoms with E-state index in [2.05, 4.69) is 15.6 Å². The number of aromatic nitrogens is 1. The molecule has 2 aromatic rings. The molecule has 1 aliphatic carbocycles. The van der Waals surface area contributed by atoms with Gasteiger partial charge in [0.15, 0.2) is 0 Å². The first-order valence-corrected chi connectivity index (χ1v) is 7.78. The van der Waals surface area contributed by atoms with Crippen LogP contribution in [0, 0.1) is 5.41 Å². The van der Waals surface area contributed by atoms with Gasteiger partial charge in [0.25, 0.3) is 0 Å². The van der Waals surface area contributed by atoms with E-state index >= 15 is 0 Å². The number of nitrogens with one attached hydrogen (secondary N) is 2. The first-order chi connectivity index (χ1) is 11.7. The van der Waals surface area contributed by atoms with Gasteiger partial charge in [-0.3, -0.25) is 14.6 Å². The van der Waals surface area contributed by atoms with Crippen molar-refractivity contribution in [1.82, 2.24) is 10.3 Å². The largest absolute Gasteiger partial charge is 0.495 e. The number of para-hydroxylation sites is 2. The van der Waals surface area contributed by atoms with Crippen LogP contribution < -0.4 is 15.4 Å². The second kappa shape index (κ2) is 6.70. The number of pyridine rings is 1. The summed E-state index contributed by atoms with van der Waals surface area (Å²) in [6.45, 7) is 0.309. The van der Waals surface area contributed by atoms with E-state index in [1.165, 1.54) is 7.11 Å². The highest BCUT2D eigenvalue weighted by Crippen LogP contribution is 2.47. The molecule has 124 valence electrons. The summed E-state index contributed by atoms with van der Waals surface area (Å²) in [7, 11) is 1.54. The molecule has 0 radical (unpaired) electrons. The van der Waals surface area contributed by atoms with E-state index in [1.54, 1.807) is 24.4 Å².